The lowest BCUT2D eigenvalue weighted by Gasteiger charge is -2.13. The molecule has 0 fully saturated rings. The van der Waals surface area contributed by atoms with Gasteiger partial charge in [-0.05, 0) is 38.2 Å². The van der Waals surface area contributed by atoms with E-state index in [1.54, 1.807) is 6.26 Å². The molecule has 0 aliphatic carbocycles. The predicted octanol–water partition coefficient (Wildman–Crippen LogP) is 2.29. The molecular weight excluding hydrogens is 188 g/mol. The first kappa shape index (κ1) is 9.93. The van der Waals surface area contributed by atoms with Gasteiger partial charge in [0.2, 0.25) is 0 Å². The number of nitrogens with zero attached hydrogens (tertiary/aromatic N) is 1. The molecule has 3 heteroatoms. The first-order valence-corrected chi connectivity index (χ1v) is 4.95. The highest BCUT2D eigenvalue weighted by Crippen LogP contribution is 2.20. The number of rotatable bonds is 3. The highest BCUT2D eigenvalue weighted by molar-refractivity contribution is 5.21. The molecule has 78 valence electrons. The fraction of sp³-hybridized carbons (Fsp3) is 0.250. The lowest BCUT2D eigenvalue weighted by atomic mass is 10.1. The number of aryl methyl sites for hydroxylation is 1. The van der Waals surface area contributed by atoms with Gasteiger partial charge in [-0.15, -0.1) is 0 Å². The van der Waals surface area contributed by atoms with E-state index in [2.05, 4.69) is 10.3 Å². The lowest BCUT2D eigenvalue weighted by Crippen LogP contribution is -2.18. The van der Waals surface area contributed by atoms with Crippen LogP contribution in [0.5, 0.6) is 0 Å². The highest BCUT2D eigenvalue weighted by atomic mass is 16.3. The van der Waals surface area contributed by atoms with Gasteiger partial charge in [0, 0.05) is 5.69 Å². The number of pyridine rings is 1. The van der Waals surface area contributed by atoms with Crippen LogP contribution in [0.2, 0.25) is 0 Å². The van der Waals surface area contributed by atoms with E-state index in [1.807, 2.05) is 44.3 Å². The Balaban J connectivity index is 2.35. The predicted molar refractivity (Wildman–Crippen MR) is 58.6 cm³/mol. The van der Waals surface area contributed by atoms with Crippen LogP contribution in [0, 0.1) is 6.92 Å². The van der Waals surface area contributed by atoms with Crippen molar-refractivity contribution in [2.45, 2.75) is 13.0 Å². The molecule has 0 aliphatic rings. The van der Waals surface area contributed by atoms with Crippen molar-refractivity contribution < 1.29 is 4.42 Å². The maximum atomic E-state index is 5.38. The van der Waals surface area contributed by atoms with Crippen molar-refractivity contribution in [2.75, 3.05) is 7.05 Å². The normalized spacial score (nSPS) is 12.7. The summed E-state index contributed by atoms with van der Waals surface area (Å²) in [5, 5.41) is 3.19. The average Bonchev–Trinajstić information content (AvgIpc) is 2.72. The van der Waals surface area contributed by atoms with Gasteiger partial charge in [-0.3, -0.25) is 4.98 Å². The number of hydrogen-bond donors (Lipinski definition) is 1. The molecule has 0 amide bonds. The van der Waals surface area contributed by atoms with E-state index >= 15 is 0 Å². The number of hydrogen-bond acceptors (Lipinski definition) is 3. The van der Waals surface area contributed by atoms with Gasteiger partial charge in [0.15, 0.2) is 0 Å². The third kappa shape index (κ3) is 2.07. The molecule has 1 atom stereocenters. The van der Waals surface area contributed by atoms with Crippen LogP contribution < -0.4 is 5.32 Å². The van der Waals surface area contributed by atoms with Gasteiger partial charge >= 0.3 is 0 Å². The first-order chi connectivity index (χ1) is 7.31. The van der Waals surface area contributed by atoms with E-state index in [0.717, 1.165) is 17.1 Å². The highest BCUT2D eigenvalue weighted by Gasteiger charge is 2.15. The van der Waals surface area contributed by atoms with Gasteiger partial charge in [-0.2, -0.15) is 0 Å². The van der Waals surface area contributed by atoms with Crippen LogP contribution in [0.1, 0.15) is 23.2 Å². The van der Waals surface area contributed by atoms with Crippen LogP contribution in [0.15, 0.2) is 41.0 Å². The summed E-state index contributed by atoms with van der Waals surface area (Å²) in [6.45, 7) is 1.98. The minimum absolute atomic E-state index is 0.0277. The van der Waals surface area contributed by atoms with Crippen LogP contribution in [0.25, 0.3) is 0 Å². The molecule has 2 aromatic rings. The SMILES string of the molecule is CNC(c1cccc(C)n1)c1ccco1. The van der Waals surface area contributed by atoms with E-state index in [9.17, 15) is 0 Å². The summed E-state index contributed by atoms with van der Waals surface area (Å²) >= 11 is 0. The molecule has 0 aliphatic heterocycles. The van der Waals surface area contributed by atoms with E-state index in [0.29, 0.717) is 0 Å². The van der Waals surface area contributed by atoms with Gasteiger partial charge in [-0.1, -0.05) is 6.07 Å². The van der Waals surface area contributed by atoms with Crippen molar-refractivity contribution in [2.24, 2.45) is 0 Å². The molecular formula is C12H14N2O. The molecule has 0 saturated carbocycles. The fourth-order valence-corrected chi connectivity index (χ4v) is 1.62. The van der Waals surface area contributed by atoms with Gasteiger partial charge in [0.1, 0.15) is 11.8 Å². The van der Waals surface area contributed by atoms with Crippen molar-refractivity contribution in [3.05, 3.63) is 53.7 Å². The molecule has 3 nitrogen and oxygen atoms in total. The zero-order valence-corrected chi connectivity index (χ0v) is 8.90. The van der Waals surface area contributed by atoms with Crippen LogP contribution >= 0.6 is 0 Å². The van der Waals surface area contributed by atoms with Crippen molar-refractivity contribution >= 4 is 0 Å². The standard InChI is InChI=1S/C12H14N2O/c1-9-5-3-6-10(14-9)12(13-2)11-7-4-8-15-11/h3-8,12-13H,1-2H3. The summed E-state index contributed by atoms with van der Waals surface area (Å²) < 4.78 is 5.38. The molecule has 15 heavy (non-hydrogen) atoms. The molecule has 1 N–H and O–H groups in total. The summed E-state index contributed by atoms with van der Waals surface area (Å²) in [5.74, 6) is 0.885. The van der Waals surface area contributed by atoms with E-state index in [-0.39, 0.29) is 6.04 Å². The minimum atomic E-state index is 0.0277. The van der Waals surface area contributed by atoms with E-state index in [1.165, 1.54) is 0 Å². The summed E-state index contributed by atoms with van der Waals surface area (Å²) in [7, 11) is 1.90. The first-order valence-electron chi connectivity index (χ1n) is 4.95. The summed E-state index contributed by atoms with van der Waals surface area (Å²) in [4.78, 5) is 4.48. The molecule has 0 aromatic carbocycles. The van der Waals surface area contributed by atoms with Crippen LogP contribution in [-0.4, -0.2) is 12.0 Å². The van der Waals surface area contributed by atoms with Crippen LogP contribution in [0.3, 0.4) is 0 Å². The molecule has 0 radical (unpaired) electrons. The Bertz CT molecular complexity index is 423. The fourth-order valence-electron chi connectivity index (χ4n) is 1.62. The average molecular weight is 202 g/mol. The monoisotopic (exact) mass is 202 g/mol. The Hall–Kier alpha value is -1.61. The maximum Gasteiger partial charge on any atom is 0.126 e. The second kappa shape index (κ2) is 4.28. The summed E-state index contributed by atoms with van der Waals surface area (Å²) in [6.07, 6.45) is 1.68. The van der Waals surface area contributed by atoms with Crippen molar-refractivity contribution in [3.8, 4) is 0 Å². The number of nitrogens with one attached hydrogen (secondary N) is 1. The molecule has 0 saturated heterocycles. The topological polar surface area (TPSA) is 38.1 Å². The molecule has 1 unspecified atom stereocenters. The van der Waals surface area contributed by atoms with Crippen molar-refractivity contribution in [1.29, 1.82) is 0 Å². The van der Waals surface area contributed by atoms with E-state index in [4.69, 9.17) is 4.42 Å². The Morgan fingerprint density at radius 3 is 2.73 bits per heavy atom. The Morgan fingerprint density at radius 1 is 1.27 bits per heavy atom. The Morgan fingerprint density at radius 2 is 2.13 bits per heavy atom. The molecule has 2 aromatic heterocycles. The molecule has 0 bridgehead atoms. The molecule has 2 heterocycles. The summed E-state index contributed by atoms with van der Waals surface area (Å²) in [5.41, 5.74) is 1.99. The Kier molecular flexibility index (Phi) is 2.83. The van der Waals surface area contributed by atoms with Crippen molar-refractivity contribution in [1.82, 2.24) is 10.3 Å². The maximum absolute atomic E-state index is 5.38. The Labute approximate surface area is 89.1 Å². The van der Waals surface area contributed by atoms with Gasteiger partial charge < -0.3 is 9.73 Å². The third-order valence-electron chi connectivity index (χ3n) is 2.32. The molecule has 2 rings (SSSR count). The zero-order chi connectivity index (χ0) is 10.7. The smallest absolute Gasteiger partial charge is 0.126 e. The number of aromatic nitrogens is 1. The lowest BCUT2D eigenvalue weighted by molar-refractivity contribution is 0.458. The quantitative estimate of drug-likeness (QED) is 0.829. The largest absolute Gasteiger partial charge is 0.467 e. The van der Waals surface area contributed by atoms with Gasteiger partial charge in [0.25, 0.3) is 0 Å². The second-order valence-corrected chi connectivity index (χ2v) is 3.44. The zero-order valence-electron chi connectivity index (χ0n) is 8.90. The molecule has 0 spiro atoms. The summed E-state index contributed by atoms with van der Waals surface area (Å²) in [6, 6.07) is 9.85. The third-order valence-corrected chi connectivity index (χ3v) is 2.32. The van der Waals surface area contributed by atoms with Crippen molar-refractivity contribution in [3.63, 3.8) is 0 Å². The van der Waals surface area contributed by atoms with Gasteiger partial charge in [-0.25, -0.2) is 0 Å². The number of furan rings is 1. The van der Waals surface area contributed by atoms with Gasteiger partial charge in [0.05, 0.1) is 12.0 Å². The van der Waals surface area contributed by atoms with Crippen LogP contribution in [-0.2, 0) is 0 Å². The minimum Gasteiger partial charge on any atom is -0.467 e. The van der Waals surface area contributed by atoms with E-state index < -0.39 is 0 Å². The second-order valence-electron chi connectivity index (χ2n) is 3.44. The van der Waals surface area contributed by atoms with Crippen LogP contribution in [0.4, 0.5) is 0 Å².